The summed E-state index contributed by atoms with van der Waals surface area (Å²) in [6.45, 7) is 7.85. The average Bonchev–Trinajstić information content (AvgIpc) is 2.85. The van der Waals surface area contributed by atoms with Crippen molar-refractivity contribution in [1.29, 1.82) is 0 Å². The molecule has 3 amide bonds. The fourth-order valence-corrected chi connectivity index (χ4v) is 6.25. The highest BCUT2D eigenvalue weighted by Crippen LogP contribution is 2.36. The predicted octanol–water partition coefficient (Wildman–Crippen LogP) is 2.06. The number of benzene rings is 1. The van der Waals surface area contributed by atoms with Crippen LogP contribution in [0.5, 0.6) is 0 Å². The lowest BCUT2D eigenvalue weighted by Gasteiger charge is -2.33. The molecule has 166 valence electrons. The van der Waals surface area contributed by atoms with Crippen molar-refractivity contribution >= 4 is 27.6 Å². The first-order valence-electron chi connectivity index (χ1n) is 10.5. The lowest BCUT2D eigenvalue weighted by Crippen LogP contribution is -2.46. The molecule has 0 radical (unpaired) electrons. The van der Waals surface area contributed by atoms with E-state index in [9.17, 15) is 18.0 Å². The molecule has 0 bridgehead atoms. The fourth-order valence-electron chi connectivity index (χ4n) is 4.36. The van der Waals surface area contributed by atoms with E-state index in [1.165, 1.54) is 4.31 Å². The molecule has 1 aromatic rings. The largest absolute Gasteiger partial charge is 0.342 e. The van der Waals surface area contributed by atoms with Gasteiger partial charge in [-0.25, -0.2) is 13.2 Å². The van der Waals surface area contributed by atoms with Crippen molar-refractivity contribution in [3.63, 3.8) is 0 Å². The number of sulfonamides is 1. The van der Waals surface area contributed by atoms with Crippen molar-refractivity contribution in [3.8, 4) is 0 Å². The highest BCUT2D eigenvalue weighted by molar-refractivity contribution is 7.89. The molecule has 8 nitrogen and oxygen atoms in total. The van der Waals surface area contributed by atoms with Crippen LogP contribution in [-0.4, -0.2) is 79.5 Å². The number of hydrogen-bond acceptors (Lipinski definition) is 4. The summed E-state index contributed by atoms with van der Waals surface area (Å²) in [5.74, 6) is 0.0816. The zero-order valence-electron chi connectivity index (χ0n) is 18.0. The van der Waals surface area contributed by atoms with Gasteiger partial charge in [-0.3, -0.25) is 4.79 Å². The van der Waals surface area contributed by atoms with Crippen LogP contribution in [0.15, 0.2) is 30.3 Å². The molecule has 2 fully saturated rings. The van der Waals surface area contributed by atoms with E-state index in [0.717, 1.165) is 0 Å². The zero-order valence-corrected chi connectivity index (χ0v) is 18.8. The number of carbonyl (C=O) groups is 2. The number of urea groups is 1. The van der Waals surface area contributed by atoms with E-state index in [2.05, 4.69) is 5.32 Å². The third kappa shape index (κ3) is 5.13. The maximum atomic E-state index is 13.0. The first-order chi connectivity index (χ1) is 14.1. The van der Waals surface area contributed by atoms with Gasteiger partial charge in [-0.2, -0.15) is 4.31 Å². The highest BCUT2D eigenvalue weighted by Gasteiger charge is 2.48. The van der Waals surface area contributed by atoms with Gasteiger partial charge < -0.3 is 15.1 Å². The van der Waals surface area contributed by atoms with Gasteiger partial charge >= 0.3 is 6.03 Å². The maximum Gasteiger partial charge on any atom is 0.321 e. The minimum atomic E-state index is -3.47. The Kier molecular flexibility index (Phi) is 6.71. The summed E-state index contributed by atoms with van der Waals surface area (Å²) < 4.78 is 27.5. The van der Waals surface area contributed by atoms with Crippen molar-refractivity contribution < 1.29 is 18.0 Å². The Balaban J connectivity index is 1.86. The lowest BCUT2D eigenvalue weighted by atomic mass is 9.86. The molecular weight excluding hydrogens is 404 g/mol. The van der Waals surface area contributed by atoms with Gasteiger partial charge in [-0.15, -0.1) is 0 Å². The van der Waals surface area contributed by atoms with E-state index in [0.29, 0.717) is 25.3 Å². The van der Waals surface area contributed by atoms with Crippen LogP contribution in [0.3, 0.4) is 0 Å². The van der Waals surface area contributed by atoms with Crippen molar-refractivity contribution in [2.24, 2.45) is 11.3 Å². The SMILES string of the molecule is CCN1CC2(CC1=O)CN(C(=O)Nc1ccccc1)CCN(S(=O)(=O)CC(C)C)C2. The fraction of sp³-hybridized carbons (Fsp3) is 0.619. The minimum Gasteiger partial charge on any atom is -0.342 e. The number of anilines is 1. The molecule has 1 spiro atoms. The molecule has 1 N–H and O–H groups in total. The highest BCUT2D eigenvalue weighted by atomic mass is 32.2. The topological polar surface area (TPSA) is 90.0 Å². The van der Waals surface area contributed by atoms with Gasteiger partial charge in [0.1, 0.15) is 0 Å². The monoisotopic (exact) mass is 436 g/mol. The molecule has 2 aliphatic rings. The van der Waals surface area contributed by atoms with E-state index in [-0.39, 0.29) is 49.7 Å². The van der Waals surface area contributed by atoms with Crippen molar-refractivity contribution in [2.45, 2.75) is 27.2 Å². The van der Waals surface area contributed by atoms with Crippen molar-refractivity contribution in [2.75, 3.05) is 50.3 Å². The Hall–Kier alpha value is -2.13. The summed E-state index contributed by atoms with van der Waals surface area (Å²) >= 11 is 0. The number of hydrogen-bond donors (Lipinski definition) is 1. The number of carbonyl (C=O) groups excluding carboxylic acids is 2. The Bertz CT molecular complexity index is 874. The summed E-state index contributed by atoms with van der Waals surface area (Å²) in [5, 5.41) is 2.89. The molecule has 3 rings (SSSR count). The van der Waals surface area contributed by atoms with Crippen LogP contribution in [-0.2, 0) is 14.8 Å². The van der Waals surface area contributed by atoms with E-state index in [4.69, 9.17) is 0 Å². The minimum absolute atomic E-state index is 0.00374. The first kappa shape index (κ1) is 22.6. The summed E-state index contributed by atoms with van der Waals surface area (Å²) in [5.41, 5.74) is 0.0876. The van der Waals surface area contributed by atoms with Crippen LogP contribution in [0, 0.1) is 11.3 Å². The van der Waals surface area contributed by atoms with Gasteiger partial charge in [-0.05, 0) is 25.0 Å². The maximum absolute atomic E-state index is 13.0. The molecule has 0 aliphatic carbocycles. The Morgan fingerprint density at radius 2 is 1.83 bits per heavy atom. The van der Waals surface area contributed by atoms with Crippen molar-refractivity contribution in [3.05, 3.63) is 30.3 Å². The Morgan fingerprint density at radius 1 is 1.13 bits per heavy atom. The van der Waals surface area contributed by atoms with Gasteiger partial charge in [0.25, 0.3) is 0 Å². The summed E-state index contributed by atoms with van der Waals surface area (Å²) in [4.78, 5) is 28.9. The van der Waals surface area contributed by atoms with Gasteiger partial charge in [0, 0.05) is 56.8 Å². The van der Waals surface area contributed by atoms with E-state index >= 15 is 0 Å². The van der Waals surface area contributed by atoms with Crippen LogP contribution in [0.1, 0.15) is 27.2 Å². The first-order valence-corrected chi connectivity index (χ1v) is 12.1. The molecular formula is C21H32N4O4S. The molecule has 0 saturated carbocycles. The molecule has 2 heterocycles. The quantitative estimate of drug-likeness (QED) is 0.765. The summed E-state index contributed by atoms with van der Waals surface area (Å²) in [6, 6.07) is 8.90. The smallest absolute Gasteiger partial charge is 0.321 e. The van der Waals surface area contributed by atoms with Gasteiger partial charge in [0.2, 0.25) is 15.9 Å². The standard InChI is InChI=1S/C21H32N4O4S/c1-4-23-14-21(12-19(23)26)15-24(20(27)22-18-8-6-5-7-9-18)10-11-25(16-21)30(28,29)13-17(2)3/h5-9,17H,4,10-16H2,1-3H3,(H,22,27). The number of nitrogens with zero attached hydrogens (tertiary/aromatic N) is 3. The molecule has 1 aromatic carbocycles. The molecule has 1 unspecified atom stereocenters. The third-order valence-electron chi connectivity index (χ3n) is 5.69. The Labute approximate surface area is 179 Å². The van der Waals surface area contributed by atoms with Crippen LogP contribution < -0.4 is 5.32 Å². The molecule has 9 heteroatoms. The van der Waals surface area contributed by atoms with E-state index < -0.39 is 15.4 Å². The zero-order chi connectivity index (χ0) is 21.9. The molecule has 2 aliphatic heterocycles. The normalized spacial score (nSPS) is 23.3. The van der Waals surface area contributed by atoms with Crippen LogP contribution in [0.4, 0.5) is 10.5 Å². The second kappa shape index (κ2) is 8.93. The van der Waals surface area contributed by atoms with Gasteiger partial charge in [-0.1, -0.05) is 32.0 Å². The number of nitrogens with one attached hydrogen (secondary N) is 1. The lowest BCUT2D eigenvalue weighted by molar-refractivity contribution is -0.127. The van der Waals surface area contributed by atoms with Gasteiger partial charge in [0.15, 0.2) is 0 Å². The molecule has 1 atom stereocenters. The summed E-state index contributed by atoms with van der Waals surface area (Å²) in [7, 11) is -3.47. The Morgan fingerprint density at radius 3 is 2.43 bits per heavy atom. The van der Waals surface area contributed by atoms with E-state index in [1.807, 2.05) is 51.1 Å². The third-order valence-corrected chi connectivity index (χ3v) is 7.88. The number of amides is 3. The van der Waals surface area contributed by atoms with Crippen LogP contribution >= 0.6 is 0 Å². The molecule has 0 aromatic heterocycles. The number of likely N-dealkylation sites (tertiary alicyclic amines) is 1. The second-order valence-corrected chi connectivity index (χ2v) is 10.8. The second-order valence-electron chi connectivity index (χ2n) is 8.81. The average molecular weight is 437 g/mol. The molecule has 2 saturated heterocycles. The van der Waals surface area contributed by atoms with Crippen molar-refractivity contribution in [1.82, 2.24) is 14.1 Å². The van der Waals surface area contributed by atoms with Crippen LogP contribution in [0.25, 0.3) is 0 Å². The summed E-state index contributed by atoms with van der Waals surface area (Å²) in [6.07, 6.45) is 0.254. The van der Waals surface area contributed by atoms with E-state index in [1.54, 1.807) is 9.80 Å². The number of rotatable bonds is 5. The van der Waals surface area contributed by atoms with Gasteiger partial charge in [0.05, 0.1) is 5.75 Å². The molecule has 30 heavy (non-hydrogen) atoms. The predicted molar refractivity (Wildman–Crippen MR) is 117 cm³/mol. The van der Waals surface area contributed by atoms with Crippen LogP contribution in [0.2, 0.25) is 0 Å². The number of para-hydroxylation sites is 1.